The van der Waals surface area contributed by atoms with E-state index in [0.29, 0.717) is 11.1 Å². The van der Waals surface area contributed by atoms with Crippen molar-refractivity contribution in [1.82, 2.24) is 0 Å². The molecule has 0 aliphatic heterocycles. The van der Waals surface area contributed by atoms with Crippen molar-refractivity contribution in [2.75, 3.05) is 0 Å². The van der Waals surface area contributed by atoms with Gasteiger partial charge in [0, 0.05) is 11.1 Å². The summed E-state index contributed by atoms with van der Waals surface area (Å²) in [7, 11) is 0. The van der Waals surface area contributed by atoms with Crippen LogP contribution in [-0.4, -0.2) is 10.5 Å². The molecule has 18 heavy (non-hydrogen) atoms. The van der Waals surface area contributed by atoms with E-state index in [0.717, 1.165) is 21.9 Å². The summed E-state index contributed by atoms with van der Waals surface area (Å²) in [5.74, 6) is 0. The van der Waals surface area contributed by atoms with Gasteiger partial charge in [-0.25, -0.2) is 0 Å². The molecule has 0 aliphatic rings. The summed E-state index contributed by atoms with van der Waals surface area (Å²) >= 11 is 11.0. The van der Waals surface area contributed by atoms with Crippen molar-refractivity contribution in [3.05, 3.63) is 46.5 Å². The third-order valence-electron chi connectivity index (χ3n) is 3.16. The minimum absolute atomic E-state index is 0.480. The number of halogens is 2. The van der Waals surface area contributed by atoms with E-state index in [4.69, 9.17) is 23.2 Å². The lowest BCUT2D eigenvalue weighted by Gasteiger charge is -2.10. The molecule has 0 amide bonds. The smallest absolute Gasteiger partial charge is 0.252 e. The first-order valence-electron chi connectivity index (χ1n) is 5.36. The molecule has 0 fully saturated rings. The molecule has 2 rings (SSSR count). The van der Waals surface area contributed by atoms with Gasteiger partial charge in [-0.2, -0.15) is 0 Å². The van der Waals surface area contributed by atoms with Crippen molar-refractivity contribution in [2.45, 2.75) is 13.8 Å². The van der Waals surface area contributed by atoms with Gasteiger partial charge in [-0.3, -0.25) is 9.59 Å². The average molecular weight is 281 g/mol. The van der Waals surface area contributed by atoms with E-state index >= 15 is 0 Å². The Morgan fingerprint density at radius 3 is 1.39 bits per heavy atom. The maximum atomic E-state index is 11.3. The summed E-state index contributed by atoms with van der Waals surface area (Å²) < 4.78 is 0. The van der Waals surface area contributed by atoms with Crippen LogP contribution < -0.4 is 0 Å². The molecule has 0 atom stereocenters. The van der Waals surface area contributed by atoms with E-state index in [1.807, 2.05) is 13.8 Å². The quantitative estimate of drug-likeness (QED) is 0.772. The summed E-state index contributed by atoms with van der Waals surface area (Å²) in [6.45, 7) is 3.67. The van der Waals surface area contributed by atoms with Gasteiger partial charge >= 0.3 is 0 Å². The Hall–Kier alpha value is -1.38. The first-order valence-corrected chi connectivity index (χ1v) is 6.11. The lowest BCUT2D eigenvalue weighted by molar-refractivity contribution is 0.107. The fourth-order valence-corrected chi connectivity index (χ4v) is 2.54. The first-order chi connectivity index (χ1) is 8.43. The molecule has 2 aromatic carbocycles. The minimum Gasteiger partial charge on any atom is -0.276 e. The highest BCUT2D eigenvalue weighted by atomic mass is 35.5. The second-order valence-corrected chi connectivity index (χ2v) is 4.81. The Kier molecular flexibility index (Phi) is 3.42. The van der Waals surface area contributed by atoms with E-state index in [9.17, 15) is 9.59 Å². The number of aryl methyl sites for hydroxylation is 2. The molecule has 0 N–H and O–H groups in total. The number of hydrogen-bond acceptors (Lipinski definition) is 2. The third kappa shape index (κ3) is 2.02. The van der Waals surface area contributed by atoms with Gasteiger partial charge in [0.2, 0.25) is 0 Å². The minimum atomic E-state index is -0.482. The molecular formula is C14H10Cl2O2. The van der Waals surface area contributed by atoms with Crippen molar-refractivity contribution in [3.63, 3.8) is 0 Å². The molecule has 0 spiro atoms. The van der Waals surface area contributed by atoms with E-state index in [-0.39, 0.29) is 0 Å². The van der Waals surface area contributed by atoms with E-state index in [1.54, 1.807) is 24.3 Å². The molecule has 0 radical (unpaired) electrons. The van der Waals surface area contributed by atoms with Crippen LogP contribution in [0.3, 0.4) is 0 Å². The molecule has 0 bridgehead atoms. The second-order valence-electron chi connectivity index (χ2n) is 4.12. The SMILES string of the molecule is Cc1c(C(=O)Cl)ccc2c(C)c(C(=O)Cl)ccc12. The van der Waals surface area contributed by atoms with Gasteiger partial charge in [0.1, 0.15) is 0 Å². The molecule has 2 aromatic rings. The van der Waals surface area contributed by atoms with Crippen molar-refractivity contribution in [1.29, 1.82) is 0 Å². The Morgan fingerprint density at radius 2 is 1.11 bits per heavy atom. The predicted molar refractivity (Wildman–Crippen MR) is 73.8 cm³/mol. The topological polar surface area (TPSA) is 34.1 Å². The maximum absolute atomic E-state index is 11.3. The first kappa shape index (κ1) is 13.1. The van der Waals surface area contributed by atoms with Crippen LogP contribution in [0.25, 0.3) is 10.8 Å². The second kappa shape index (κ2) is 4.71. The number of carbonyl (C=O) groups is 2. The van der Waals surface area contributed by atoms with Gasteiger partial charge in [-0.15, -0.1) is 0 Å². The molecule has 0 aliphatic carbocycles. The van der Waals surface area contributed by atoms with Crippen LogP contribution in [0.15, 0.2) is 24.3 Å². The molecule has 92 valence electrons. The molecule has 0 heterocycles. The molecule has 2 nitrogen and oxygen atoms in total. The number of hydrogen-bond donors (Lipinski definition) is 0. The Labute approximate surface area is 115 Å². The highest BCUT2D eigenvalue weighted by Gasteiger charge is 2.13. The molecule has 0 saturated carbocycles. The largest absolute Gasteiger partial charge is 0.276 e. The highest BCUT2D eigenvalue weighted by molar-refractivity contribution is 6.68. The molecular weight excluding hydrogens is 271 g/mol. The standard InChI is InChI=1S/C14H10Cl2O2/c1-7-9-3-6-12(14(16)18)8(2)10(9)4-5-11(7)13(15)17/h3-6H,1-2H3. The number of benzene rings is 2. The van der Waals surface area contributed by atoms with Gasteiger partial charge in [0.25, 0.3) is 10.5 Å². The number of carbonyl (C=O) groups excluding carboxylic acids is 2. The molecule has 0 aromatic heterocycles. The lowest BCUT2D eigenvalue weighted by Crippen LogP contribution is -1.98. The van der Waals surface area contributed by atoms with Crippen molar-refractivity contribution < 1.29 is 9.59 Å². The fourth-order valence-electron chi connectivity index (χ4n) is 2.13. The fraction of sp³-hybridized carbons (Fsp3) is 0.143. The van der Waals surface area contributed by atoms with Gasteiger partial charge in [-0.05, 0) is 71.1 Å². The molecule has 0 unspecified atom stereocenters. The summed E-state index contributed by atoms with van der Waals surface area (Å²) in [6, 6.07) is 6.91. The Bertz CT molecular complexity index is 616. The van der Waals surface area contributed by atoms with Crippen LogP contribution in [0, 0.1) is 13.8 Å². The van der Waals surface area contributed by atoms with Gasteiger partial charge < -0.3 is 0 Å². The van der Waals surface area contributed by atoms with Crippen LogP contribution >= 0.6 is 23.2 Å². The van der Waals surface area contributed by atoms with Crippen LogP contribution in [0.4, 0.5) is 0 Å². The van der Waals surface area contributed by atoms with Crippen LogP contribution in [0.5, 0.6) is 0 Å². The zero-order chi connectivity index (χ0) is 13.4. The molecule has 0 saturated heterocycles. The summed E-state index contributed by atoms with van der Waals surface area (Å²) in [5, 5.41) is 0.843. The summed E-state index contributed by atoms with van der Waals surface area (Å²) in [6.07, 6.45) is 0. The predicted octanol–water partition coefficient (Wildman–Crippen LogP) is 4.21. The van der Waals surface area contributed by atoms with Gasteiger partial charge in [-0.1, -0.05) is 12.1 Å². The average Bonchev–Trinajstić information content (AvgIpc) is 2.29. The van der Waals surface area contributed by atoms with Crippen molar-refractivity contribution >= 4 is 44.5 Å². The lowest BCUT2D eigenvalue weighted by atomic mass is 9.95. The Balaban J connectivity index is 2.83. The number of rotatable bonds is 2. The zero-order valence-electron chi connectivity index (χ0n) is 9.88. The van der Waals surface area contributed by atoms with E-state index in [2.05, 4.69) is 0 Å². The third-order valence-corrected chi connectivity index (χ3v) is 3.57. The van der Waals surface area contributed by atoms with Gasteiger partial charge in [0.15, 0.2) is 0 Å². The van der Waals surface area contributed by atoms with Crippen LogP contribution in [0.1, 0.15) is 31.8 Å². The summed E-state index contributed by atoms with van der Waals surface area (Å²) in [5.41, 5.74) is 2.58. The van der Waals surface area contributed by atoms with Crippen molar-refractivity contribution in [2.24, 2.45) is 0 Å². The van der Waals surface area contributed by atoms with Gasteiger partial charge in [0.05, 0.1) is 0 Å². The monoisotopic (exact) mass is 280 g/mol. The zero-order valence-corrected chi connectivity index (χ0v) is 11.4. The Morgan fingerprint density at radius 1 is 0.778 bits per heavy atom. The van der Waals surface area contributed by atoms with E-state index < -0.39 is 10.5 Å². The maximum Gasteiger partial charge on any atom is 0.252 e. The normalized spacial score (nSPS) is 10.7. The van der Waals surface area contributed by atoms with E-state index in [1.165, 1.54) is 0 Å². The van der Waals surface area contributed by atoms with Crippen molar-refractivity contribution in [3.8, 4) is 0 Å². The number of fused-ring (bicyclic) bond motifs is 1. The highest BCUT2D eigenvalue weighted by Crippen LogP contribution is 2.28. The molecule has 4 heteroatoms. The van der Waals surface area contributed by atoms with Crippen LogP contribution in [-0.2, 0) is 0 Å². The summed E-state index contributed by atoms with van der Waals surface area (Å²) in [4.78, 5) is 22.5. The van der Waals surface area contributed by atoms with Crippen LogP contribution in [0.2, 0.25) is 0 Å².